The number of methoxy groups -OCH3 is 1. The SMILES string of the molecule is CCOC(=O)CCC(=O)N(CC)CCN(Cc1cccc(C(=O)Nc2sc3c(c2C(=O)Nc2ccc(CCc4ccc(C(=O)OC)cc4)cc2)CCCC3)c1)C1CC1. The highest BCUT2D eigenvalue weighted by molar-refractivity contribution is 7.17. The molecule has 0 saturated heterocycles. The van der Waals surface area contributed by atoms with Gasteiger partial charge < -0.3 is 25.0 Å². The van der Waals surface area contributed by atoms with E-state index in [1.807, 2.05) is 61.5 Å². The van der Waals surface area contributed by atoms with Crippen LogP contribution in [0.2, 0.25) is 0 Å². The lowest BCUT2D eigenvalue weighted by Gasteiger charge is -2.27. The number of fused-ring (bicyclic) bond motifs is 1. The van der Waals surface area contributed by atoms with Crippen LogP contribution in [-0.4, -0.2) is 78.9 Å². The van der Waals surface area contributed by atoms with Gasteiger partial charge in [0.15, 0.2) is 0 Å². The minimum absolute atomic E-state index is 0.0554. The third-order valence-corrected chi connectivity index (χ3v) is 12.0. The Balaban J connectivity index is 1.07. The van der Waals surface area contributed by atoms with Gasteiger partial charge in [0.05, 0.1) is 31.3 Å². The molecule has 11 nitrogen and oxygen atoms in total. The van der Waals surface area contributed by atoms with Crippen molar-refractivity contribution in [1.29, 1.82) is 0 Å². The standard InChI is InChI=1S/C46H54N4O7S/c1-4-49(40(51)25-26-41(52)57-5-2)27-28-50(37-23-24-37)30-33-9-8-10-35(29-33)43(53)48-45-42(38-11-6-7-12-39(38)58-45)44(54)47-36-21-17-32(18-22-36)14-13-31-15-19-34(20-16-31)46(55)56-3/h8-10,15-22,29,37H,4-7,11-14,23-28,30H2,1-3H3,(H,47,54)(H,48,53). The van der Waals surface area contributed by atoms with Crippen LogP contribution >= 0.6 is 11.3 Å². The first-order valence-corrected chi connectivity index (χ1v) is 21.3. The number of ether oxygens (including phenoxy) is 2. The lowest BCUT2D eigenvalue weighted by atomic mass is 9.95. The molecule has 1 fully saturated rings. The number of carbonyl (C=O) groups excluding carboxylic acids is 5. The summed E-state index contributed by atoms with van der Waals surface area (Å²) in [6.45, 7) is 6.46. The molecule has 1 heterocycles. The van der Waals surface area contributed by atoms with Gasteiger partial charge in [-0.15, -0.1) is 11.3 Å². The number of amides is 3. The summed E-state index contributed by atoms with van der Waals surface area (Å²) in [6, 6.07) is 23.3. The number of nitrogens with one attached hydrogen (secondary N) is 2. The van der Waals surface area contributed by atoms with Crippen LogP contribution in [0.3, 0.4) is 0 Å². The van der Waals surface area contributed by atoms with E-state index in [0.29, 0.717) is 66.2 Å². The van der Waals surface area contributed by atoms with Crippen molar-refractivity contribution in [2.24, 2.45) is 0 Å². The third kappa shape index (κ3) is 11.4. The molecule has 0 spiro atoms. The van der Waals surface area contributed by atoms with Gasteiger partial charge in [0.25, 0.3) is 11.8 Å². The molecule has 1 aromatic heterocycles. The molecular weight excluding hydrogens is 753 g/mol. The zero-order chi connectivity index (χ0) is 41.0. The van der Waals surface area contributed by atoms with Gasteiger partial charge in [-0.25, -0.2) is 4.79 Å². The first kappa shape index (κ1) is 42.3. The number of hydrogen-bond donors (Lipinski definition) is 2. The van der Waals surface area contributed by atoms with Gasteiger partial charge >= 0.3 is 11.9 Å². The van der Waals surface area contributed by atoms with E-state index >= 15 is 0 Å². The molecule has 0 atom stereocenters. The van der Waals surface area contributed by atoms with Gasteiger partial charge in [-0.1, -0.05) is 36.4 Å². The van der Waals surface area contributed by atoms with Gasteiger partial charge in [0.1, 0.15) is 5.00 Å². The minimum Gasteiger partial charge on any atom is -0.466 e. The molecular formula is C46H54N4O7S. The molecule has 2 aliphatic rings. The number of anilines is 2. The maximum atomic E-state index is 14.0. The second kappa shape index (κ2) is 20.4. The first-order chi connectivity index (χ1) is 28.1. The van der Waals surface area contributed by atoms with E-state index in [4.69, 9.17) is 9.47 Å². The molecule has 3 aromatic carbocycles. The van der Waals surface area contributed by atoms with E-state index in [2.05, 4.69) is 15.5 Å². The molecule has 0 radical (unpaired) electrons. The molecule has 0 aliphatic heterocycles. The largest absolute Gasteiger partial charge is 0.466 e. The number of benzene rings is 3. The van der Waals surface area contributed by atoms with Crippen molar-refractivity contribution in [3.8, 4) is 0 Å². The number of esters is 2. The maximum Gasteiger partial charge on any atom is 0.337 e. The van der Waals surface area contributed by atoms with Gasteiger partial charge in [0.2, 0.25) is 5.91 Å². The number of nitrogens with zero attached hydrogens (tertiary/aromatic N) is 2. The Hall–Kier alpha value is -5.33. The van der Waals surface area contributed by atoms with Gasteiger partial charge in [-0.05, 0) is 124 Å². The lowest BCUT2D eigenvalue weighted by Crippen LogP contribution is -2.39. The Bertz CT molecular complexity index is 2070. The third-order valence-electron chi connectivity index (χ3n) is 10.8. The van der Waals surface area contributed by atoms with Crippen molar-refractivity contribution in [1.82, 2.24) is 9.80 Å². The van der Waals surface area contributed by atoms with E-state index in [1.165, 1.54) is 18.4 Å². The summed E-state index contributed by atoms with van der Waals surface area (Å²) in [6.07, 6.45) is 7.74. The van der Waals surface area contributed by atoms with E-state index in [1.54, 1.807) is 30.0 Å². The molecule has 2 aliphatic carbocycles. The van der Waals surface area contributed by atoms with Gasteiger partial charge in [0, 0.05) is 54.8 Å². The van der Waals surface area contributed by atoms with E-state index in [0.717, 1.165) is 78.5 Å². The van der Waals surface area contributed by atoms with Crippen LogP contribution in [0.1, 0.15) is 111 Å². The number of thiophene rings is 1. The topological polar surface area (TPSA) is 134 Å². The zero-order valence-electron chi connectivity index (χ0n) is 33.8. The quantitative estimate of drug-likeness (QED) is 0.0916. The summed E-state index contributed by atoms with van der Waals surface area (Å²) in [5, 5.41) is 6.77. The van der Waals surface area contributed by atoms with E-state index < -0.39 is 0 Å². The van der Waals surface area contributed by atoms with Crippen molar-refractivity contribution in [3.63, 3.8) is 0 Å². The van der Waals surface area contributed by atoms with Crippen LogP contribution in [0.4, 0.5) is 10.7 Å². The fraction of sp³-hybridized carbons (Fsp3) is 0.413. The monoisotopic (exact) mass is 806 g/mol. The molecule has 3 amide bonds. The molecule has 0 unspecified atom stereocenters. The van der Waals surface area contributed by atoms with Crippen molar-refractivity contribution < 1.29 is 33.4 Å². The van der Waals surface area contributed by atoms with Crippen molar-refractivity contribution in [2.75, 3.05) is 44.0 Å². The Labute approximate surface area is 345 Å². The first-order valence-electron chi connectivity index (χ1n) is 20.5. The molecule has 0 bridgehead atoms. The summed E-state index contributed by atoms with van der Waals surface area (Å²) in [7, 11) is 1.37. The predicted molar refractivity (Wildman–Crippen MR) is 226 cm³/mol. The number of rotatable bonds is 19. The Kier molecular flexibility index (Phi) is 14.9. The zero-order valence-corrected chi connectivity index (χ0v) is 34.6. The Morgan fingerprint density at radius 2 is 1.48 bits per heavy atom. The van der Waals surface area contributed by atoms with Crippen LogP contribution in [0, 0.1) is 0 Å². The van der Waals surface area contributed by atoms with Crippen LogP contribution in [0.5, 0.6) is 0 Å². The average Bonchev–Trinajstić information content (AvgIpc) is 4.03. The highest BCUT2D eigenvalue weighted by Crippen LogP contribution is 2.39. The van der Waals surface area contributed by atoms with Crippen LogP contribution in [0.25, 0.3) is 0 Å². The second-order valence-electron chi connectivity index (χ2n) is 14.9. The normalized spacial score (nSPS) is 13.4. The van der Waals surface area contributed by atoms with Crippen LogP contribution < -0.4 is 10.6 Å². The van der Waals surface area contributed by atoms with Crippen molar-refractivity contribution in [3.05, 3.63) is 117 Å². The lowest BCUT2D eigenvalue weighted by molar-refractivity contribution is -0.145. The summed E-state index contributed by atoms with van der Waals surface area (Å²) >= 11 is 1.50. The molecule has 12 heteroatoms. The maximum absolute atomic E-state index is 14.0. The van der Waals surface area contributed by atoms with Gasteiger partial charge in [-0.3, -0.25) is 24.1 Å². The second-order valence-corrected chi connectivity index (χ2v) is 16.0. The summed E-state index contributed by atoms with van der Waals surface area (Å²) in [5.74, 6) is -1.26. The average molecular weight is 807 g/mol. The van der Waals surface area contributed by atoms with Crippen molar-refractivity contribution >= 4 is 51.7 Å². The van der Waals surface area contributed by atoms with Crippen LogP contribution in [0.15, 0.2) is 72.8 Å². The number of likely N-dealkylation sites (N-methyl/N-ethyl adjacent to an activating group) is 1. The molecule has 58 heavy (non-hydrogen) atoms. The van der Waals surface area contributed by atoms with Crippen molar-refractivity contribution in [2.45, 2.75) is 90.6 Å². The highest BCUT2D eigenvalue weighted by Gasteiger charge is 2.30. The van der Waals surface area contributed by atoms with E-state index in [-0.39, 0.29) is 42.5 Å². The van der Waals surface area contributed by atoms with Gasteiger partial charge in [-0.2, -0.15) is 0 Å². The molecule has 1 saturated carbocycles. The molecule has 2 N–H and O–H groups in total. The fourth-order valence-electron chi connectivity index (χ4n) is 7.42. The Morgan fingerprint density at radius 3 is 2.16 bits per heavy atom. The highest BCUT2D eigenvalue weighted by atomic mass is 32.1. The molecule has 306 valence electrons. The number of hydrogen-bond acceptors (Lipinski definition) is 9. The molecule has 6 rings (SSSR count). The summed E-state index contributed by atoms with van der Waals surface area (Å²) in [5.41, 5.74) is 6.53. The van der Waals surface area contributed by atoms with Crippen LogP contribution in [-0.2, 0) is 51.3 Å². The minimum atomic E-state index is -0.355. The fourth-order valence-corrected chi connectivity index (χ4v) is 8.70. The smallest absolute Gasteiger partial charge is 0.337 e. The molecule has 4 aromatic rings. The Morgan fingerprint density at radius 1 is 0.776 bits per heavy atom. The summed E-state index contributed by atoms with van der Waals surface area (Å²) in [4.78, 5) is 69.5. The summed E-state index contributed by atoms with van der Waals surface area (Å²) < 4.78 is 9.77. The predicted octanol–water partition coefficient (Wildman–Crippen LogP) is 7.86. The van der Waals surface area contributed by atoms with E-state index in [9.17, 15) is 24.0 Å². The number of aryl methyl sites for hydroxylation is 3. The number of carbonyl (C=O) groups is 5.